The lowest BCUT2D eigenvalue weighted by atomic mass is 10.2. The molecule has 1 saturated heterocycles. The number of piperazine rings is 1. The highest BCUT2D eigenvalue weighted by atomic mass is 32.2. The van der Waals surface area contributed by atoms with E-state index in [0.717, 1.165) is 0 Å². The van der Waals surface area contributed by atoms with Gasteiger partial charge >= 0.3 is 5.97 Å². The van der Waals surface area contributed by atoms with E-state index >= 15 is 0 Å². The zero-order chi connectivity index (χ0) is 18.6. The SMILES string of the molecule is CCOC(=O)c1ccc(S(=O)(=O)N2CCN(Cn3ccnc3)CC2)cc1. The Morgan fingerprint density at radius 1 is 1.15 bits per heavy atom. The van der Waals surface area contributed by atoms with Gasteiger partial charge in [-0.3, -0.25) is 4.90 Å². The number of aromatic nitrogens is 2. The van der Waals surface area contributed by atoms with Crippen molar-refractivity contribution >= 4 is 16.0 Å². The van der Waals surface area contributed by atoms with Gasteiger partial charge in [-0.25, -0.2) is 18.2 Å². The molecule has 3 rings (SSSR count). The molecule has 0 amide bonds. The van der Waals surface area contributed by atoms with Crippen LogP contribution in [0.2, 0.25) is 0 Å². The Labute approximate surface area is 153 Å². The molecule has 0 aliphatic carbocycles. The van der Waals surface area contributed by atoms with Crippen molar-refractivity contribution in [1.82, 2.24) is 18.8 Å². The van der Waals surface area contributed by atoms with Crippen LogP contribution in [0.25, 0.3) is 0 Å². The fraction of sp³-hybridized carbons (Fsp3) is 0.412. The molecular formula is C17H22N4O4S. The fourth-order valence-electron chi connectivity index (χ4n) is 2.84. The summed E-state index contributed by atoms with van der Waals surface area (Å²) in [5.74, 6) is -0.454. The molecule has 2 heterocycles. The van der Waals surface area contributed by atoms with Crippen LogP contribution in [0.5, 0.6) is 0 Å². The molecule has 1 aromatic carbocycles. The third kappa shape index (κ3) is 4.12. The molecule has 8 nitrogen and oxygen atoms in total. The molecule has 1 aromatic heterocycles. The smallest absolute Gasteiger partial charge is 0.338 e. The van der Waals surface area contributed by atoms with Crippen molar-refractivity contribution in [2.24, 2.45) is 0 Å². The van der Waals surface area contributed by atoms with Gasteiger partial charge in [0, 0.05) is 38.6 Å². The van der Waals surface area contributed by atoms with E-state index in [1.54, 1.807) is 19.4 Å². The summed E-state index contributed by atoms with van der Waals surface area (Å²) in [6, 6.07) is 5.89. The summed E-state index contributed by atoms with van der Waals surface area (Å²) in [5.41, 5.74) is 0.343. The lowest BCUT2D eigenvalue weighted by Crippen LogP contribution is -2.48. The number of nitrogens with zero attached hydrogens (tertiary/aromatic N) is 4. The summed E-state index contributed by atoms with van der Waals surface area (Å²) in [7, 11) is -3.57. The van der Waals surface area contributed by atoms with Crippen LogP contribution in [0.4, 0.5) is 0 Å². The first-order chi connectivity index (χ1) is 12.5. The Morgan fingerprint density at radius 3 is 2.42 bits per heavy atom. The summed E-state index contributed by atoms with van der Waals surface area (Å²) < 4.78 is 33.9. The van der Waals surface area contributed by atoms with Gasteiger partial charge in [-0.15, -0.1) is 0 Å². The van der Waals surface area contributed by atoms with Crippen LogP contribution in [0, 0.1) is 0 Å². The normalized spacial score (nSPS) is 16.5. The number of imidazole rings is 1. The minimum absolute atomic E-state index is 0.189. The van der Waals surface area contributed by atoms with Crippen molar-refractivity contribution in [2.45, 2.75) is 18.5 Å². The van der Waals surface area contributed by atoms with Crippen LogP contribution in [-0.2, 0) is 21.4 Å². The van der Waals surface area contributed by atoms with Gasteiger partial charge < -0.3 is 9.30 Å². The third-order valence-corrected chi connectivity index (χ3v) is 6.17. The maximum absolute atomic E-state index is 12.8. The quantitative estimate of drug-likeness (QED) is 0.698. The number of benzene rings is 1. The van der Waals surface area contributed by atoms with Crippen molar-refractivity contribution < 1.29 is 17.9 Å². The van der Waals surface area contributed by atoms with Crippen LogP contribution >= 0.6 is 0 Å². The average molecular weight is 378 g/mol. The number of ether oxygens (including phenoxy) is 1. The molecule has 0 unspecified atom stereocenters. The van der Waals surface area contributed by atoms with E-state index in [-0.39, 0.29) is 11.5 Å². The van der Waals surface area contributed by atoms with Gasteiger partial charge in [-0.1, -0.05) is 0 Å². The molecule has 0 N–H and O–H groups in total. The number of carbonyl (C=O) groups excluding carboxylic acids is 1. The van der Waals surface area contributed by atoms with Crippen molar-refractivity contribution in [3.8, 4) is 0 Å². The van der Waals surface area contributed by atoms with Gasteiger partial charge in [0.15, 0.2) is 0 Å². The van der Waals surface area contributed by atoms with Crippen LogP contribution in [0.1, 0.15) is 17.3 Å². The van der Waals surface area contributed by atoms with E-state index in [1.165, 1.54) is 28.6 Å². The van der Waals surface area contributed by atoms with Crippen LogP contribution in [0.3, 0.4) is 0 Å². The maximum Gasteiger partial charge on any atom is 0.338 e. The van der Waals surface area contributed by atoms with Crippen molar-refractivity contribution in [3.63, 3.8) is 0 Å². The number of carbonyl (C=O) groups is 1. The van der Waals surface area contributed by atoms with Gasteiger partial charge in [0.1, 0.15) is 0 Å². The fourth-order valence-corrected chi connectivity index (χ4v) is 4.26. The monoisotopic (exact) mass is 378 g/mol. The summed E-state index contributed by atoms with van der Waals surface area (Å²) in [6.07, 6.45) is 5.35. The molecule has 140 valence electrons. The first-order valence-electron chi connectivity index (χ1n) is 8.46. The van der Waals surface area contributed by atoms with Crippen LogP contribution < -0.4 is 0 Å². The zero-order valence-electron chi connectivity index (χ0n) is 14.6. The Balaban J connectivity index is 1.62. The largest absolute Gasteiger partial charge is 0.462 e. The molecule has 0 radical (unpaired) electrons. The Bertz CT molecular complexity index is 826. The molecule has 2 aromatic rings. The van der Waals surface area contributed by atoms with E-state index < -0.39 is 16.0 Å². The molecule has 1 aliphatic heterocycles. The Morgan fingerprint density at radius 2 is 1.85 bits per heavy atom. The minimum atomic E-state index is -3.57. The molecule has 26 heavy (non-hydrogen) atoms. The van der Waals surface area contributed by atoms with Crippen LogP contribution in [0.15, 0.2) is 47.9 Å². The maximum atomic E-state index is 12.8. The van der Waals surface area contributed by atoms with E-state index in [4.69, 9.17) is 4.74 Å². The first kappa shape index (κ1) is 18.6. The molecule has 0 saturated carbocycles. The number of hydrogen-bond donors (Lipinski definition) is 0. The van der Waals surface area contributed by atoms with E-state index in [9.17, 15) is 13.2 Å². The second-order valence-corrected chi connectivity index (χ2v) is 7.92. The van der Waals surface area contributed by atoms with Gasteiger partial charge in [0.05, 0.1) is 30.1 Å². The molecule has 9 heteroatoms. The number of esters is 1. The van der Waals surface area contributed by atoms with Crippen molar-refractivity contribution in [2.75, 3.05) is 32.8 Å². The number of hydrogen-bond acceptors (Lipinski definition) is 6. The Hall–Kier alpha value is -2.23. The first-order valence-corrected chi connectivity index (χ1v) is 9.90. The van der Waals surface area contributed by atoms with Gasteiger partial charge in [0.2, 0.25) is 10.0 Å². The predicted molar refractivity (Wildman–Crippen MR) is 95.0 cm³/mol. The molecular weight excluding hydrogens is 356 g/mol. The number of sulfonamides is 1. The third-order valence-electron chi connectivity index (χ3n) is 4.26. The molecule has 1 aliphatic rings. The molecule has 0 bridgehead atoms. The van der Waals surface area contributed by atoms with Gasteiger partial charge in [-0.2, -0.15) is 4.31 Å². The molecule has 0 atom stereocenters. The average Bonchev–Trinajstić information content (AvgIpc) is 3.15. The standard InChI is InChI=1S/C17H22N4O4S/c1-2-25-17(22)15-3-5-16(6-4-15)26(23,24)21-11-9-19(10-12-21)14-20-8-7-18-13-20/h3-8,13H,2,9-12,14H2,1H3. The van der Waals surface area contributed by atoms with Gasteiger partial charge in [0.25, 0.3) is 0 Å². The highest BCUT2D eigenvalue weighted by molar-refractivity contribution is 7.89. The lowest BCUT2D eigenvalue weighted by Gasteiger charge is -2.34. The van der Waals surface area contributed by atoms with E-state index in [2.05, 4.69) is 9.88 Å². The summed E-state index contributed by atoms with van der Waals surface area (Å²) >= 11 is 0. The van der Waals surface area contributed by atoms with E-state index in [0.29, 0.717) is 38.4 Å². The summed E-state index contributed by atoms with van der Waals surface area (Å²) in [4.78, 5) is 18.1. The minimum Gasteiger partial charge on any atom is -0.462 e. The second-order valence-electron chi connectivity index (χ2n) is 5.99. The highest BCUT2D eigenvalue weighted by Gasteiger charge is 2.28. The molecule has 0 spiro atoms. The lowest BCUT2D eigenvalue weighted by molar-refractivity contribution is 0.0526. The van der Waals surface area contributed by atoms with Crippen molar-refractivity contribution in [3.05, 3.63) is 48.5 Å². The van der Waals surface area contributed by atoms with E-state index in [1.807, 2.05) is 10.8 Å². The highest BCUT2D eigenvalue weighted by Crippen LogP contribution is 2.19. The van der Waals surface area contributed by atoms with Crippen LogP contribution in [-0.4, -0.2) is 65.9 Å². The summed E-state index contributed by atoms with van der Waals surface area (Å²) in [6.45, 7) is 4.86. The van der Waals surface area contributed by atoms with Crippen molar-refractivity contribution in [1.29, 1.82) is 0 Å². The second kappa shape index (κ2) is 7.98. The summed E-state index contributed by atoms with van der Waals surface area (Å²) in [5, 5.41) is 0. The zero-order valence-corrected chi connectivity index (χ0v) is 15.4. The predicted octanol–water partition coefficient (Wildman–Crippen LogP) is 1.02. The number of rotatable bonds is 6. The van der Waals surface area contributed by atoms with Gasteiger partial charge in [-0.05, 0) is 31.2 Å². The topological polar surface area (TPSA) is 84.7 Å². The Kier molecular flexibility index (Phi) is 5.70. The molecule has 1 fully saturated rings.